The van der Waals surface area contributed by atoms with Crippen molar-refractivity contribution < 1.29 is 0 Å². The Kier molecular flexibility index (Phi) is 8.05. The molecule has 0 fully saturated rings. The topological polar surface area (TPSA) is 35.6 Å². The van der Waals surface area contributed by atoms with Gasteiger partial charge in [-0.2, -0.15) is 0 Å². The quantitative estimate of drug-likeness (QED) is 0.156. The Bertz CT molecular complexity index is 3690. The fourth-order valence-corrected chi connectivity index (χ4v) is 21.6. The van der Waals surface area contributed by atoms with Gasteiger partial charge in [0.25, 0.3) is 0 Å². The van der Waals surface area contributed by atoms with Crippen LogP contribution in [0.5, 0.6) is 0 Å². The molecule has 0 N–H and O–H groups in total. The summed E-state index contributed by atoms with van der Waals surface area (Å²) in [6.07, 6.45) is 0. The van der Waals surface area contributed by atoms with E-state index in [1.165, 1.54) is 61.2 Å². The van der Waals surface area contributed by atoms with Crippen molar-refractivity contribution in [3.8, 4) is 45.3 Å². The predicted molar refractivity (Wildman–Crippen MR) is 264 cm³/mol. The second-order valence-corrected chi connectivity index (χ2v) is 24.2. The maximum atomic E-state index is 5.72. The van der Waals surface area contributed by atoms with Gasteiger partial charge >= 0.3 is 315 Å². The summed E-state index contributed by atoms with van der Waals surface area (Å²) in [5.41, 5.74) is 12.2. The van der Waals surface area contributed by atoms with Crippen LogP contribution in [0.3, 0.4) is 0 Å². The first-order chi connectivity index (χ1) is 31.3. The fraction of sp³-hybridized carbons (Fsp3) is 0. The van der Waals surface area contributed by atoms with Crippen LogP contribution in [0, 0.1) is 0 Å². The van der Waals surface area contributed by atoms with Crippen molar-refractivity contribution in [2.24, 2.45) is 0 Å². The van der Waals surface area contributed by atoms with E-state index in [0.717, 1.165) is 39.4 Å². The summed E-state index contributed by atoms with van der Waals surface area (Å²) in [4.78, 5) is 11.4. The van der Waals surface area contributed by atoms with Crippen LogP contribution in [0.2, 0.25) is 0 Å². The molecule has 0 amide bonds. The molecule has 1 aliphatic heterocycles. The number of benzene rings is 9. The summed E-state index contributed by atoms with van der Waals surface area (Å²) in [7, 11) is 0. The monoisotopic (exact) mass is 864 g/mol. The van der Waals surface area contributed by atoms with Gasteiger partial charge < -0.3 is 0 Å². The third kappa shape index (κ3) is 5.22. The molecular formula is C58H38GeN4. The number of hydrogen-bond donors (Lipinski definition) is 0. The van der Waals surface area contributed by atoms with Gasteiger partial charge in [0.15, 0.2) is 0 Å². The first-order valence-electron chi connectivity index (χ1n) is 21.6. The molecule has 5 heteroatoms. The van der Waals surface area contributed by atoms with Gasteiger partial charge in [-0.25, -0.2) is 0 Å². The van der Waals surface area contributed by atoms with E-state index in [-0.39, 0.29) is 0 Å². The van der Waals surface area contributed by atoms with Gasteiger partial charge in [-0.05, 0) is 18.2 Å². The molecule has 0 saturated heterocycles. The second kappa shape index (κ2) is 14.1. The molecule has 4 nitrogen and oxygen atoms in total. The van der Waals surface area contributed by atoms with E-state index in [1.54, 1.807) is 0 Å². The van der Waals surface area contributed by atoms with Gasteiger partial charge in [0.2, 0.25) is 0 Å². The van der Waals surface area contributed by atoms with Crippen LogP contribution in [0.25, 0.3) is 88.9 Å². The second-order valence-electron chi connectivity index (χ2n) is 16.5. The van der Waals surface area contributed by atoms with E-state index < -0.39 is 13.3 Å². The van der Waals surface area contributed by atoms with Crippen LogP contribution in [0.1, 0.15) is 0 Å². The number of nitrogens with zero attached hydrogens (tertiary/aromatic N) is 4. The molecule has 294 valence electrons. The van der Waals surface area contributed by atoms with Gasteiger partial charge in [0, 0.05) is 0 Å². The predicted octanol–water partition coefficient (Wildman–Crippen LogP) is 11.4. The average Bonchev–Trinajstić information content (AvgIpc) is 3.99. The van der Waals surface area contributed by atoms with Crippen LogP contribution in [0.4, 0.5) is 0 Å². The van der Waals surface area contributed by atoms with Crippen molar-refractivity contribution in [2.75, 3.05) is 0 Å². The van der Waals surface area contributed by atoms with Crippen molar-refractivity contribution in [1.29, 1.82) is 0 Å². The Morgan fingerprint density at radius 1 is 0.349 bits per heavy atom. The number of para-hydroxylation sites is 3. The summed E-state index contributed by atoms with van der Waals surface area (Å²) in [6, 6.07) is 84.0. The molecule has 12 aromatic rings. The van der Waals surface area contributed by atoms with E-state index in [2.05, 4.69) is 240 Å². The fourth-order valence-electron chi connectivity index (χ4n) is 10.6. The minimum atomic E-state index is -3.69. The molecule has 0 saturated carbocycles. The molecule has 0 aliphatic carbocycles. The van der Waals surface area contributed by atoms with Gasteiger partial charge in [0.05, 0.1) is 0 Å². The first-order valence-corrected chi connectivity index (χ1v) is 25.8. The summed E-state index contributed by atoms with van der Waals surface area (Å²) in [6.45, 7) is 0. The Morgan fingerprint density at radius 3 is 1.46 bits per heavy atom. The van der Waals surface area contributed by atoms with Crippen LogP contribution < -0.4 is 17.6 Å². The summed E-state index contributed by atoms with van der Waals surface area (Å²) in [5, 5.41) is 4.88. The third-order valence-corrected chi connectivity index (χ3v) is 23.4. The van der Waals surface area contributed by atoms with E-state index in [9.17, 15) is 0 Å². The molecule has 0 atom stereocenters. The Hall–Kier alpha value is -7.80. The molecule has 0 spiro atoms. The van der Waals surface area contributed by atoms with E-state index in [0.29, 0.717) is 5.82 Å². The Balaban J connectivity index is 1.11. The Morgan fingerprint density at radius 2 is 0.825 bits per heavy atom. The van der Waals surface area contributed by atoms with E-state index in [4.69, 9.17) is 9.97 Å². The van der Waals surface area contributed by atoms with Gasteiger partial charge in [-0.3, -0.25) is 0 Å². The molecule has 0 radical (unpaired) electrons. The van der Waals surface area contributed by atoms with Crippen LogP contribution in [-0.4, -0.2) is 32.4 Å². The van der Waals surface area contributed by atoms with E-state index in [1.807, 2.05) is 0 Å². The van der Waals surface area contributed by atoms with Crippen molar-refractivity contribution in [2.45, 2.75) is 0 Å². The van der Waals surface area contributed by atoms with Crippen LogP contribution in [0.15, 0.2) is 231 Å². The van der Waals surface area contributed by atoms with Crippen LogP contribution in [-0.2, 0) is 0 Å². The van der Waals surface area contributed by atoms with Crippen molar-refractivity contribution in [1.82, 2.24) is 19.1 Å². The molecule has 9 aromatic carbocycles. The number of rotatable bonds is 6. The first kappa shape index (κ1) is 35.9. The van der Waals surface area contributed by atoms with Gasteiger partial charge in [-0.1, -0.05) is 36.4 Å². The maximum absolute atomic E-state index is 5.72. The number of aromatic nitrogens is 4. The molecule has 1 aliphatic rings. The van der Waals surface area contributed by atoms with Crippen molar-refractivity contribution in [3.05, 3.63) is 231 Å². The zero-order valence-electron chi connectivity index (χ0n) is 34.2. The summed E-state index contributed by atoms with van der Waals surface area (Å²) in [5.74, 6) is 0.716. The van der Waals surface area contributed by atoms with Crippen molar-refractivity contribution in [3.63, 3.8) is 0 Å². The SMILES string of the molecule is c1ccc(-c2nc(-c3cccc(-n4c5ccccc5c5ccc6c7ccccc7n(-c7ccccc7)c6c54)c3)nc3[c]2[Ge]([c]2ccccc2)([c]2ccccc2)[c]2ccccc2-3)cc1. The third-order valence-electron chi connectivity index (χ3n) is 13.2. The normalized spacial score (nSPS) is 12.9. The van der Waals surface area contributed by atoms with Crippen LogP contribution >= 0.6 is 0 Å². The molecule has 63 heavy (non-hydrogen) atoms. The molecule has 13 rings (SSSR count). The zero-order valence-corrected chi connectivity index (χ0v) is 36.3. The van der Waals surface area contributed by atoms with Gasteiger partial charge in [-0.15, -0.1) is 0 Å². The molecule has 4 heterocycles. The molecule has 3 aromatic heterocycles. The molecular weight excluding hydrogens is 825 g/mol. The standard InChI is InChI=1S/C58H38GeN4/c1-5-20-39(21-6-1)54-53-55(49-32-13-16-33-50(49)59(53,41-23-7-2-8-24-41)42-25-9-3-10-26-42)61-58(60-54)40-22-19-29-44(38-40)63-52-35-18-15-31-46(52)48-37-36-47-45-30-14-17-34-51(45)62(56(47)57(48)63)43-27-11-4-12-28-43/h1-38H. The molecule has 0 unspecified atom stereocenters. The van der Waals surface area contributed by atoms with Gasteiger partial charge in [0.1, 0.15) is 0 Å². The summed E-state index contributed by atoms with van der Waals surface area (Å²) >= 11 is -3.69. The number of fused-ring (bicyclic) bond motifs is 10. The van der Waals surface area contributed by atoms with Crippen molar-refractivity contribution >= 4 is 74.5 Å². The van der Waals surface area contributed by atoms with E-state index >= 15 is 0 Å². The zero-order chi connectivity index (χ0) is 41.5. The summed E-state index contributed by atoms with van der Waals surface area (Å²) < 4.78 is 10.3. The Labute approximate surface area is 367 Å². The minimum absolute atomic E-state index is 0.716. The average molecular weight is 864 g/mol. The number of hydrogen-bond acceptors (Lipinski definition) is 2. The molecule has 0 bridgehead atoms.